The molecule has 0 bridgehead atoms. The summed E-state index contributed by atoms with van der Waals surface area (Å²) < 4.78 is 16.3. The Kier molecular flexibility index (Phi) is 6.34. The van der Waals surface area contributed by atoms with Crippen molar-refractivity contribution in [3.05, 3.63) is 51.6 Å². The Balaban J connectivity index is 1.89. The molecular formula is C23H24O11. The minimum Gasteiger partial charge on any atom is -0.507 e. The Morgan fingerprint density at radius 3 is 2.24 bits per heavy atom. The number of phenolic OH excluding ortho intramolecular Hbond substituents is 1. The Morgan fingerprint density at radius 1 is 0.912 bits per heavy atom. The summed E-state index contributed by atoms with van der Waals surface area (Å²) in [6.07, 6.45) is -8.08. The van der Waals surface area contributed by atoms with Crippen LogP contribution in [0.4, 0.5) is 0 Å². The summed E-state index contributed by atoms with van der Waals surface area (Å²) in [5, 5.41) is 60.2. The molecule has 0 spiro atoms. The highest BCUT2D eigenvalue weighted by Gasteiger charge is 2.46. The van der Waals surface area contributed by atoms with Crippen LogP contribution in [0.2, 0.25) is 0 Å². The number of ether oxygens (including phenoxy) is 3. The SMILES string of the molecule is COc1cc(OC2OC(CO)C(O)C(O)C2O)c2c(c1CO)C(=O)c1cc(C)cc(O)c1C2=O. The van der Waals surface area contributed by atoms with Crippen molar-refractivity contribution in [2.45, 2.75) is 44.2 Å². The first kappa shape index (κ1) is 24.1. The fourth-order valence-electron chi connectivity index (χ4n) is 4.32. The largest absolute Gasteiger partial charge is 0.507 e. The van der Waals surface area contributed by atoms with Crippen molar-refractivity contribution in [2.24, 2.45) is 0 Å². The van der Waals surface area contributed by atoms with Gasteiger partial charge in [-0.15, -0.1) is 0 Å². The monoisotopic (exact) mass is 476 g/mol. The Bertz CT molecular complexity index is 1160. The summed E-state index contributed by atoms with van der Waals surface area (Å²) in [5.74, 6) is -2.15. The smallest absolute Gasteiger partial charge is 0.229 e. The molecular weight excluding hydrogens is 452 g/mol. The van der Waals surface area contributed by atoms with E-state index in [1.165, 1.54) is 25.3 Å². The van der Waals surface area contributed by atoms with Gasteiger partial charge in [-0.1, -0.05) is 0 Å². The van der Waals surface area contributed by atoms with Crippen molar-refractivity contribution < 1.29 is 54.4 Å². The van der Waals surface area contributed by atoms with Gasteiger partial charge in [-0.2, -0.15) is 0 Å². The van der Waals surface area contributed by atoms with Gasteiger partial charge in [0.1, 0.15) is 41.7 Å². The number of carbonyl (C=O) groups is 2. The summed E-state index contributed by atoms with van der Waals surface area (Å²) in [6, 6.07) is 3.97. The van der Waals surface area contributed by atoms with E-state index in [0.29, 0.717) is 5.56 Å². The predicted molar refractivity (Wildman–Crippen MR) is 113 cm³/mol. The van der Waals surface area contributed by atoms with Gasteiger partial charge in [0.15, 0.2) is 5.78 Å². The Labute approximate surface area is 193 Å². The van der Waals surface area contributed by atoms with E-state index in [9.17, 15) is 40.2 Å². The number of aliphatic hydroxyl groups is 5. The minimum absolute atomic E-state index is 0.00214. The first-order valence-corrected chi connectivity index (χ1v) is 10.4. The van der Waals surface area contributed by atoms with Gasteiger partial charge in [-0.3, -0.25) is 9.59 Å². The Morgan fingerprint density at radius 2 is 1.62 bits per heavy atom. The van der Waals surface area contributed by atoms with Gasteiger partial charge in [0.25, 0.3) is 0 Å². The normalized spacial score (nSPS) is 26.1. The van der Waals surface area contributed by atoms with Crippen LogP contribution in [-0.4, -0.2) is 86.6 Å². The maximum Gasteiger partial charge on any atom is 0.229 e. The van der Waals surface area contributed by atoms with Crippen LogP contribution in [0.25, 0.3) is 0 Å². The Hall–Kier alpha value is -3.06. The maximum absolute atomic E-state index is 13.5. The number of aryl methyl sites for hydroxylation is 1. The summed E-state index contributed by atoms with van der Waals surface area (Å²) >= 11 is 0. The second kappa shape index (κ2) is 8.95. The number of hydrogen-bond acceptors (Lipinski definition) is 11. The standard InChI is InChI=1S/C23H24O11/c1-8-3-9-15(11(26)4-8)20(29)17-13(5-12(32-2)10(6-24)16(17)18(9)27)33-23-22(31)21(30)19(28)14(7-25)34-23/h3-5,14,19,21-26,28,30-31H,6-7H2,1-2H3. The van der Waals surface area contributed by atoms with E-state index in [1.54, 1.807) is 6.92 Å². The van der Waals surface area contributed by atoms with Gasteiger partial charge in [-0.05, 0) is 24.6 Å². The van der Waals surface area contributed by atoms with Crippen LogP contribution in [0, 0.1) is 6.92 Å². The van der Waals surface area contributed by atoms with Gasteiger partial charge in [0.2, 0.25) is 12.1 Å². The summed E-state index contributed by atoms with van der Waals surface area (Å²) in [6.45, 7) is 0.283. The molecule has 0 aromatic heterocycles. The van der Waals surface area contributed by atoms with Crippen LogP contribution in [0.5, 0.6) is 17.2 Å². The van der Waals surface area contributed by atoms with Crippen LogP contribution >= 0.6 is 0 Å². The van der Waals surface area contributed by atoms with E-state index in [-0.39, 0.29) is 39.3 Å². The lowest BCUT2D eigenvalue weighted by atomic mass is 9.80. The summed E-state index contributed by atoms with van der Waals surface area (Å²) in [7, 11) is 1.28. The fraction of sp³-hybridized carbons (Fsp3) is 0.391. The third-order valence-corrected chi connectivity index (χ3v) is 6.02. The molecule has 0 radical (unpaired) electrons. The lowest BCUT2D eigenvalue weighted by Gasteiger charge is -2.40. The van der Waals surface area contributed by atoms with Crippen LogP contribution in [0.15, 0.2) is 18.2 Å². The van der Waals surface area contributed by atoms with Gasteiger partial charge >= 0.3 is 0 Å². The van der Waals surface area contributed by atoms with Crippen molar-refractivity contribution in [3.8, 4) is 17.2 Å². The van der Waals surface area contributed by atoms with E-state index in [1.807, 2.05) is 0 Å². The lowest BCUT2D eigenvalue weighted by Crippen LogP contribution is -2.60. The molecule has 34 heavy (non-hydrogen) atoms. The van der Waals surface area contributed by atoms with Gasteiger partial charge in [0, 0.05) is 22.8 Å². The minimum atomic E-state index is -1.78. The summed E-state index contributed by atoms with van der Waals surface area (Å²) in [4.78, 5) is 26.9. The second-order valence-corrected chi connectivity index (χ2v) is 8.14. The number of rotatable bonds is 5. The van der Waals surface area contributed by atoms with Crippen molar-refractivity contribution in [3.63, 3.8) is 0 Å². The molecule has 1 fully saturated rings. The maximum atomic E-state index is 13.5. The highest BCUT2D eigenvalue weighted by molar-refractivity contribution is 6.31. The number of methoxy groups -OCH3 is 1. The number of aliphatic hydroxyl groups excluding tert-OH is 5. The fourth-order valence-corrected chi connectivity index (χ4v) is 4.32. The molecule has 2 aromatic carbocycles. The zero-order valence-corrected chi connectivity index (χ0v) is 18.3. The number of fused-ring (bicyclic) bond motifs is 2. The molecule has 1 aliphatic heterocycles. The highest BCUT2D eigenvalue weighted by Crippen LogP contribution is 2.43. The predicted octanol–water partition coefficient (Wildman–Crippen LogP) is -0.844. The number of phenols is 1. The third-order valence-electron chi connectivity index (χ3n) is 6.02. The molecule has 0 saturated carbocycles. The molecule has 11 heteroatoms. The van der Waals surface area contributed by atoms with Crippen LogP contribution < -0.4 is 9.47 Å². The van der Waals surface area contributed by atoms with Gasteiger partial charge < -0.3 is 44.8 Å². The van der Waals surface area contributed by atoms with Gasteiger partial charge in [0.05, 0.1) is 31.5 Å². The van der Waals surface area contributed by atoms with E-state index in [4.69, 9.17) is 14.2 Å². The molecule has 182 valence electrons. The van der Waals surface area contributed by atoms with E-state index in [2.05, 4.69) is 0 Å². The number of ketones is 2. The zero-order chi connectivity index (χ0) is 24.9. The molecule has 1 aliphatic carbocycles. The number of aromatic hydroxyl groups is 1. The van der Waals surface area contributed by atoms with E-state index < -0.39 is 61.2 Å². The molecule has 2 aliphatic rings. The average Bonchev–Trinajstić information content (AvgIpc) is 2.81. The number of carbonyl (C=O) groups excluding carboxylic acids is 2. The molecule has 6 N–H and O–H groups in total. The topological polar surface area (TPSA) is 183 Å². The highest BCUT2D eigenvalue weighted by atomic mass is 16.7. The quantitative estimate of drug-likeness (QED) is 0.270. The lowest BCUT2D eigenvalue weighted by molar-refractivity contribution is -0.277. The third kappa shape index (κ3) is 3.63. The van der Waals surface area contributed by atoms with Crippen molar-refractivity contribution in [1.29, 1.82) is 0 Å². The van der Waals surface area contributed by atoms with Crippen LogP contribution in [-0.2, 0) is 11.3 Å². The number of hydrogen-bond donors (Lipinski definition) is 6. The first-order valence-electron chi connectivity index (χ1n) is 10.4. The molecule has 11 nitrogen and oxygen atoms in total. The van der Waals surface area contributed by atoms with E-state index >= 15 is 0 Å². The molecule has 0 amide bonds. The molecule has 5 unspecified atom stereocenters. The first-order chi connectivity index (χ1) is 16.1. The average molecular weight is 476 g/mol. The molecule has 5 atom stereocenters. The van der Waals surface area contributed by atoms with Crippen LogP contribution in [0.1, 0.15) is 43.0 Å². The molecule has 1 heterocycles. The summed E-state index contributed by atoms with van der Waals surface area (Å²) in [5.41, 5.74) is -0.273. The van der Waals surface area contributed by atoms with Crippen LogP contribution in [0.3, 0.4) is 0 Å². The zero-order valence-electron chi connectivity index (χ0n) is 18.3. The number of benzene rings is 2. The van der Waals surface area contributed by atoms with E-state index in [0.717, 1.165) is 0 Å². The van der Waals surface area contributed by atoms with Gasteiger partial charge in [-0.25, -0.2) is 0 Å². The molecule has 4 rings (SSSR count). The van der Waals surface area contributed by atoms with Crippen molar-refractivity contribution >= 4 is 11.6 Å². The molecule has 2 aromatic rings. The second-order valence-electron chi connectivity index (χ2n) is 8.14. The van der Waals surface area contributed by atoms with Crippen molar-refractivity contribution in [1.82, 2.24) is 0 Å². The molecule has 1 saturated heterocycles. The van der Waals surface area contributed by atoms with Crippen molar-refractivity contribution in [2.75, 3.05) is 13.7 Å².